The summed E-state index contributed by atoms with van der Waals surface area (Å²) in [4.78, 5) is 23.4. The highest BCUT2D eigenvalue weighted by Crippen LogP contribution is 2.29. The highest BCUT2D eigenvalue weighted by Gasteiger charge is 2.20. The van der Waals surface area contributed by atoms with Gasteiger partial charge in [-0.3, -0.25) is 14.8 Å². The molecule has 1 aromatic heterocycles. The van der Waals surface area contributed by atoms with Crippen molar-refractivity contribution < 1.29 is 4.79 Å². The van der Waals surface area contributed by atoms with E-state index in [4.69, 9.17) is 17.3 Å². The summed E-state index contributed by atoms with van der Waals surface area (Å²) in [5.74, 6) is 0. The van der Waals surface area contributed by atoms with E-state index in [-0.39, 0.29) is 0 Å². The standard InChI is InChI=1S/C29H30ClN5O/c1-21-11-12-26-27(32-21)9-4-10-28(26)34-17-15-33(16-18-34)14-13-22-5-2-7-24(19-22)35(29(31)36)25-8-3-6-23(30)20-25/h2-12,19-20H,13-18H2,1H3,(H2,31,36). The molecule has 0 aliphatic carbocycles. The highest BCUT2D eigenvalue weighted by molar-refractivity contribution is 6.31. The molecule has 0 saturated carbocycles. The second-order valence-electron chi connectivity index (χ2n) is 9.20. The lowest BCUT2D eigenvalue weighted by Gasteiger charge is -2.36. The molecule has 7 heteroatoms. The Morgan fingerprint density at radius 3 is 2.42 bits per heavy atom. The fourth-order valence-corrected chi connectivity index (χ4v) is 5.07. The minimum absolute atomic E-state index is 0.538. The van der Waals surface area contributed by atoms with Gasteiger partial charge < -0.3 is 10.6 Å². The average Bonchev–Trinajstić information content (AvgIpc) is 2.87. The van der Waals surface area contributed by atoms with Crippen LogP contribution >= 0.6 is 11.6 Å². The molecule has 3 aromatic carbocycles. The minimum Gasteiger partial charge on any atom is -0.368 e. The van der Waals surface area contributed by atoms with Gasteiger partial charge in [-0.2, -0.15) is 0 Å². The molecule has 1 saturated heterocycles. The van der Waals surface area contributed by atoms with Crippen molar-refractivity contribution in [2.45, 2.75) is 13.3 Å². The minimum atomic E-state index is -0.538. The molecule has 36 heavy (non-hydrogen) atoms. The number of hydrogen-bond donors (Lipinski definition) is 1. The number of benzene rings is 3. The van der Waals surface area contributed by atoms with Crippen molar-refractivity contribution in [2.75, 3.05) is 42.5 Å². The molecule has 1 fully saturated rings. The predicted molar refractivity (Wildman–Crippen MR) is 148 cm³/mol. The van der Waals surface area contributed by atoms with Crippen molar-refractivity contribution >= 4 is 45.6 Å². The zero-order valence-corrected chi connectivity index (χ0v) is 21.2. The number of hydrogen-bond acceptors (Lipinski definition) is 4. The van der Waals surface area contributed by atoms with Gasteiger partial charge in [-0.25, -0.2) is 4.79 Å². The Morgan fingerprint density at radius 2 is 1.67 bits per heavy atom. The quantitative estimate of drug-likeness (QED) is 0.365. The molecule has 2 heterocycles. The number of carbonyl (C=O) groups excluding carboxylic acids is 1. The van der Waals surface area contributed by atoms with Crippen LogP contribution in [-0.4, -0.2) is 48.6 Å². The molecule has 6 nitrogen and oxygen atoms in total. The fraction of sp³-hybridized carbons (Fsp3) is 0.241. The van der Waals surface area contributed by atoms with Crippen molar-refractivity contribution in [2.24, 2.45) is 5.73 Å². The number of primary amides is 1. The van der Waals surface area contributed by atoms with Gasteiger partial charge in [0.05, 0.1) is 16.9 Å². The largest absolute Gasteiger partial charge is 0.368 e. The van der Waals surface area contributed by atoms with Gasteiger partial charge >= 0.3 is 6.03 Å². The van der Waals surface area contributed by atoms with E-state index in [1.54, 1.807) is 12.1 Å². The van der Waals surface area contributed by atoms with Gasteiger partial charge in [0.15, 0.2) is 0 Å². The van der Waals surface area contributed by atoms with Crippen LogP contribution in [0, 0.1) is 6.92 Å². The Kier molecular flexibility index (Phi) is 7.07. The number of halogens is 1. The van der Waals surface area contributed by atoms with Gasteiger partial charge in [0.1, 0.15) is 0 Å². The van der Waals surface area contributed by atoms with E-state index in [9.17, 15) is 4.79 Å². The van der Waals surface area contributed by atoms with E-state index in [0.717, 1.165) is 56.0 Å². The molecule has 5 rings (SSSR count). The van der Waals surface area contributed by atoms with Crippen LogP contribution in [-0.2, 0) is 6.42 Å². The number of aryl methyl sites for hydroxylation is 1. The third kappa shape index (κ3) is 5.30. The molecule has 1 aliphatic heterocycles. The zero-order valence-electron chi connectivity index (χ0n) is 20.4. The number of piperazine rings is 1. The Morgan fingerprint density at radius 1 is 0.944 bits per heavy atom. The van der Waals surface area contributed by atoms with Crippen LogP contribution in [0.2, 0.25) is 5.02 Å². The lowest BCUT2D eigenvalue weighted by atomic mass is 10.1. The number of anilines is 3. The van der Waals surface area contributed by atoms with E-state index >= 15 is 0 Å². The van der Waals surface area contributed by atoms with Crippen LogP contribution in [0.4, 0.5) is 21.9 Å². The van der Waals surface area contributed by atoms with Crippen molar-refractivity contribution in [1.29, 1.82) is 0 Å². The number of pyridine rings is 1. The van der Waals surface area contributed by atoms with E-state index in [2.05, 4.69) is 51.2 Å². The Bertz CT molecular complexity index is 1380. The van der Waals surface area contributed by atoms with E-state index in [0.29, 0.717) is 10.7 Å². The van der Waals surface area contributed by atoms with Gasteiger partial charge in [-0.1, -0.05) is 35.9 Å². The average molecular weight is 500 g/mol. The van der Waals surface area contributed by atoms with Gasteiger partial charge in [-0.15, -0.1) is 0 Å². The van der Waals surface area contributed by atoms with Crippen molar-refractivity contribution in [3.8, 4) is 0 Å². The molecule has 0 unspecified atom stereocenters. The molecule has 184 valence electrons. The maximum Gasteiger partial charge on any atom is 0.323 e. The Balaban J connectivity index is 1.22. The molecule has 1 aliphatic rings. The van der Waals surface area contributed by atoms with Crippen LogP contribution in [0.1, 0.15) is 11.3 Å². The summed E-state index contributed by atoms with van der Waals surface area (Å²) in [6.07, 6.45) is 0.896. The second kappa shape index (κ2) is 10.6. The first kappa shape index (κ1) is 24.1. The molecule has 2 amide bonds. The topological polar surface area (TPSA) is 65.7 Å². The first-order valence-corrected chi connectivity index (χ1v) is 12.6. The summed E-state index contributed by atoms with van der Waals surface area (Å²) < 4.78 is 0. The second-order valence-corrected chi connectivity index (χ2v) is 9.64. The van der Waals surface area contributed by atoms with Crippen molar-refractivity contribution in [3.05, 3.63) is 95.1 Å². The summed E-state index contributed by atoms with van der Waals surface area (Å²) in [6.45, 7) is 6.97. The number of aromatic nitrogens is 1. The van der Waals surface area contributed by atoms with Crippen LogP contribution in [0.3, 0.4) is 0 Å². The number of carbonyl (C=O) groups is 1. The predicted octanol–water partition coefficient (Wildman–Crippen LogP) is 5.78. The number of nitrogens with zero attached hydrogens (tertiary/aromatic N) is 4. The first-order valence-electron chi connectivity index (χ1n) is 12.3. The van der Waals surface area contributed by atoms with Crippen LogP contribution < -0.4 is 15.5 Å². The maximum atomic E-state index is 12.3. The lowest BCUT2D eigenvalue weighted by molar-refractivity contribution is 0.256. The maximum absolute atomic E-state index is 12.3. The smallest absolute Gasteiger partial charge is 0.323 e. The number of nitrogens with two attached hydrogens (primary N) is 1. The molecular formula is C29H30ClN5O. The molecule has 4 aromatic rings. The number of urea groups is 1. The number of rotatable bonds is 6. The van der Waals surface area contributed by atoms with Gasteiger partial charge in [-0.05, 0) is 73.5 Å². The van der Waals surface area contributed by atoms with Crippen LogP contribution in [0.15, 0.2) is 78.9 Å². The summed E-state index contributed by atoms with van der Waals surface area (Å²) in [5, 5.41) is 1.77. The summed E-state index contributed by atoms with van der Waals surface area (Å²) >= 11 is 6.14. The first-order chi connectivity index (χ1) is 17.5. The zero-order chi connectivity index (χ0) is 25.1. The summed E-state index contributed by atoms with van der Waals surface area (Å²) in [6, 6.07) is 25.3. The van der Waals surface area contributed by atoms with Gasteiger partial charge in [0.2, 0.25) is 0 Å². The van der Waals surface area contributed by atoms with E-state index in [1.807, 2.05) is 37.3 Å². The lowest BCUT2D eigenvalue weighted by Crippen LogP contribution is -2.47. The molecule has 0 bridgehead atoms. The molecule has 2 N–H and O–H groups in total. The Labute approximate surface area is 216 Å². The van der Waals surface area contributed by atoms with Gasteiger partial charge in [0, 0.05) is 54.5 Å². The van der Waals surface area contributed by atoms with Crippen molar-refractivity contribution in [3.63, 3.8) is 0 Å². The SMILES string of the molecule is Cc1ccc2c(N3CCN(CCc4cccc(N(C(N)=O)c5cccc(Cl)c5)c4)CC3)cccc2n1. The number of amides is 2. The van der Waals surface area contributed by atoms with Gasteiger partial charge in [0.25, 0.3) is 0 Å². The summed E-state index contributed by atoms with van der Waals surface area (Å²) in [7, 11) is 0. The molecule has 0 atom stereocenters. The van der Waals surface area contributed by atoms with Crippen LogP contribution in [0.5, 0.6) is 0 Å². The number of fused-ring (bicyclic) bond motifs is 1. The fourth-order valence-electron chi connectivity index (χ4n) is 4.89. The Hall–Kier alpha value is -3.61. The van der Waals surface area contributed by atoms with Crippen LogP contribution in [0.25, 0.3) is 10.9 Å². The third-order valence-electron chi connectivity index (χ3n) is 6.73. The molecular weight excluding hydrogens is 470 g/mol. The van der Waals surface area contributed by atoms with E-state index < -0.39 is 6.03 Å². The van der Waals surface area contributed by atoms with Crippen molar-refractivity contribution in [1.82, 2.24) is 9.88 Å². The third-order valence-corrected chi connectivity index (χ3v) is 6.97. The molecule has 0 radical (unpaired) electrons. The normalized spacial score (nSPS) is 14.2. The molecule has 0 spiro atoms. The van der Waals surface area contributed by atoms with E-state index in [1.165, 1.54) is 21.5 Å². The highest BCUT2D eigenvalue weighted by atomic mass is 35.5. The summed E-state index contributed by atoms with van der Waals surface area (Å²) in [5.41, 5.74) is 11.6. The monoisotopic (exact) mass is 499 g/mol.